The molecule has 0 saturated carbocycles. The molecule has 0 bridgehead atoms. The molecule has 2 heterocycles. The van der Waals surface area contributed by atoms with Crippen LogP contribution in [0.3, 0.4) is 0 Å². The van der Waals surface area contributed by atoms with Crippen LogP contribution in [0.1, 0.15) is 123 Å². The van der Waals surface area contributed by atoms with Gasteiger partial charge in [0, 0.05) is 70.1 Å². The molecule has 1 aliphatic carbocycles. The molecule has 3 aromatic carbocycles. The molecule has 0 aromatic heterocycles. The second kappa shape index (κ2) is 18.3. The van der Waals surface area contributed by atoms with E-state index < -0.39 is 10.1 Å². The van der Waals surface area contributed by atoms with Gasteiger partial charge < -0.3 is 4.90 Å². The summed E-state index contributed by atoms with van der Waals surface area (Å²) in [5, 5.41) is 0. The number of hydrogen-bond donors (Lipinski definition) is 1. The number of anilines is 1. The van der Waals surface area contributed by atoms with E-state index in [0.29, 0.717) is 32.2 Å². The lowest BCUT2D eigenvalue weighted by atomic mass is 9.81. The molecule has 0 atom stereocenters. The zero-order valence-corrected chi connectivity index (χ0v) is 38.2. The smallest absolute Gasteiger partial charge is 0.264 e. The van der Waals surface area contributed by atoms with E-state index in [2.05, 4.69) is 162 Å². The molecule has 59 heavy (non-hydrogen) atoms. The zero-order chi connectivity index (χ0) is 42.6. The van der Waals surface area contributed by atoms with Crippen molar-refractivity contribution in [2.45, 2.75) is 129 Å². The molecule has 8 heteroatoms. The normalized spacial score (nSPS) is 19.0. The van der Waals surface area contributed by atoms with Crippen molar-refractivity contribution in [1.82, 2.24) is 0 Å². The molecule has 1 N–H and O–H groups in total. The van der Waals surface area contributed by atoms with Crippen LogP contribution in [0.4, 0.5) is 11.4 Å². The van der Waals surface area contributed by atoms with Gasteiger partial charge in [0.25, 0.3) is 10.1 Å². The molecule has 0 unspecified atom stereocenters. The molecule has 6 rings (SSSR count). The van der Waals surface area contributed by atoms with Gasteiger partial charge in [-0.1, -0.05) is 120 Å². The fourth-order valence-corrected chi connectivity index (χ4v) is 10.7. The van der Waals surface area contributed by atoms with Gasteiger partial charge in [0.15, 0.2) is 5.71 Å². The summed E-state index contributed by atoms with van der Waals surface area (Å²) in [4.78, 5) is 17.8. The quantitative estimate of drug-likeness (QED) is 0.0880. The maximum Gasteiger partial charge on any atom is 0.264 e. The number of rotatable bonds is 16. The molecule has 314 valence electrons. The Hall–Kier alpha value is -3.98. The van der Waals surface area contributed by atoms with Crippen molar-refractivity contribution in [3.05, 3.63) is 136 Å². The third kappa shape index (κ3) is 10.7. The van der Waals surface area contributed by atoms with Crippen molar-refractivity contribution in [2.24, 2.45) is 5.41 Å². The minimum atomic E-state index is -4.01. The van der Waals surface area contributed by atoms with E-state index in [-0.39, 0.29) is 27.8 Å². The summed E-state index contributed by atoms with van der Waals surface area (Å²) < 4.78 is 34.8. The van der Waals surface area contributed by atoms with E-state index in [9.17, 15) is 17.8 Å². The van der Waals surface area contributed by atoms with Gasteiger partial charge in [-0.3, -0.25) is 9.35 Å². The first kappa shape index (κ1) is 44.6. The minimum absolute atomic E-state index is 0.0271. The molecule has 2 aliphatic heterocycles. The Morgan fingerprint density at radius 3 is 2.25 bits per heavy atom. The van der Waals surface area contributed by atoms with Crippen LogP contribution >= 0.6 is 11.8 Å². The van der Waals surface area contributed by atoms with Gasteiger partial charge in [-0.05, 0) is 97.9 Å². The molecule has 0 amide bonds. The van der Waals surface area contributed by atoms with E-state index in [4.69, 9.17) is 0 Å². The third-order valence-corrected chi connectivity index (χ3v) is 14.0. The number of hydrogen-bond acceptors (Lipinski definition) is 5. The molecule has 0 saturated heterocycles. The average molecular weight is 834 g/mol. The predicted octanol–water partition coefficient (Wildman–Crippen LogP) is 12.5. The van der Waals surface area contributed by atoms with Gasteiger partial charge in [-0.25, -0.2) is 0 Å². The highest BCUT2D eigenvalue weighted by Crippen LogP contribution is 2.49. The van der Waals surface area contributed by atoms with Crippen LogP contribution in [0, 0.1) is 5.41 Å². The number of unbranched alkanes of at least 4 members (excludes halogenated alkanes) is 2. The van der Waals surface area contributed by atoms with E-state index in [0.717, 1.165) is 54.8 Å². The van der Waals surface area contributed by atoms with Crippen LogP contribution in [0.25, 0.3) is 0 Å². The standard InChI is InChI=1S/C51H64N2O4S2/c1-9-10-32-52-44-22-13-11-20-42(44)50(5,6)46(52)30-26-38-18-17-19-39(48(38)58-41-28-24-37(25-29-41)35-40(54)36-49(2,3)4)27-31-47-51(7,8)43-21-12-14-23-45(43)53(47)33-15-16-34-59(55,56)57/h11-14,20-31H,9-10,15-19,32-36H2,1-8H3/p+1. The number of nitrogens with zero attached hydrogens (tertiary/aromatic N) is 2. The van der Waals surface area contributed by atoms with Crippen LogP contribution in [-0.2, 0) is 32.2 Å². The Morgan fingerprint density at radius 2 is 1.56 bits per heavy atom. The summed E-state index contributed by atoms with van der Waals surface area (Å²) in [5.74, 6) is 0.0365. The number of Topliss-reactive ketones (excluding diaryl/α,β-unsaturated/α-hetero) is 1. The number of carbonyl (C=O) groups is 1. The van der Waals surface area contributed by atoms with Crippen LogP contribution in [0.5, 0.6) is 0 Å². The second-order valence-electron chi connectivity index (χ2n) is 18.8. The Bertz CT molecular complexity index is 2300. The number of thioether (sulfide) groups is 1. The number of carbonyl (C=O) groups excluding carboxylic acids is 1. The first-order valence-electron chi connectivity index (χ1n) is 21.6. The van der Waals surface area contributed by atoms with Gasteiger partial charge in [0.1, 0.15) is 12.3 Å². The topological polar surface area (TPSA) is 77.7 Å². The number of fused-ring (bicyclic) bond motifs is 2. The molecule has 3 aliphatic rings. The summed E-state index contributed by atoms with van der Waals surface area (Å²) in [5.41, 5.74) is 10.9. The highest BCUT2D eigenvalue weighted by molar-refractivity contribution is 8.03. The molecule has 6 nitrogen and oxygen atoms in total. The average Bonchev–Trinajstić information content (AvgIpc) is 3.52. The number of para-hydroxylation sites is 2. The SMILES string of the molecule is CCCCN1/C(=C/C=C2\CCCC(/C=C/C3=[N+](CCCCS(=O)(=O)O)c4ccccc4C3(C)C)=C2Sc2ccc(CC(=O)CC(C)(C)C)cc2)C(C)(C)c2ccccc21. The van der Waals surface area contributed by atoms with E-state index in [1.54, 1.807) is 0 Å². The van der Waals surface area contributed by atoms with Crippen LogP contribution in [0.15, 0.2) is 124 Å². The van der Waals surface area contributed by atoms with Crippen LogP contribution in [0.2, 0.25) is 0 Å². The summed E-state index contributed by atoms with van der Waals surface area (Å²) in [6.07, 6.45) is 16.7. The highest BCUT2D eigenvalue weighted by Gasteiger charge is 2.44. The summed E-state index contributed by atoms with van der Waals surface area (Å²) in [6, 6.07) is 26.0. The molecular weight excluding hydrogens is 769 g/mol. The lowest BCUT2D eigenvalue weighted by Gasteiger charge is -2.27. The molecule has 3 aromatic rings. The minimum Gasteiger partial charge on any atom is -0.344 e. The maximum absolute atomic E-state index is 12.9. The molecular formula is C51H65N2O4S2+. The molecule has 0 radical (unpaired) electrons. The summed E-state index contributed by atoms with van der Waals surface area (Å²) in [6.45, 7) is 19.5. The Balaban J connectivity index is 1.40. The van der Waals surface area contributed by atoms with Crippen molar-refractivity contribution >= 4 is 44.7 Å². The van der Waals surface area contributed by atoms with Gasteiger partial charge >= 0.3 is 0 Å². The first-order chi connectivity index (χ1) is 27.9. The lowest BCUT2D eigenvalue weighted by Crippen LogP contribution is -2.28. The van der Waals surface area contributed by atoms with Crippen LogP contribution < -0.4 is 4.90 Å². The van der Waals surface area contributed by atoms with Gasteiger partial charge in [0.05, 0.1) is 11.2 Å². The number of ketones is 1. The number of allylic oxidation sites excluding steroid dienone is 7. The van der Waals surface area contributed by atoms with Crippen molar-refractivity contribution in [2.75, 3.05) is 23.7 Å². The fourth-order valence-electron chi connectivity index (χ4n) is 9.02. The van der Waals surface area contributed by atoms with E-state index in [1.807, 2.05) is 11.8 Å². The second-order valence-corrected chi connectivity index (χ2v) is 21.5. The third-order valence-electron chi connectivity index (χ3n) is 12.0. The van der Waals surface area contributed by atoms with Crippen molar-refractivity contribution in [1.29, 1.82) is 0 Å². The van der Waals surface area contributed by atoms with Gasteiger partial charge in [0.2, 0.25) is 5.69 Å². The first-order valence-corrected chi connectivity index (χ1v) is 24.0. The Morgan fingerprint density at radius 1 is 0.864 bits per heavy atom. The van der Waals surface area contributed by atoms with E-state index in [1.165, 1.54) is 44.3 Å². The van der Waals surface area contributed by atoms with E-state index >= 15 is 0 Å². The van der Waals surface area contributed by atoms with Crippen LogP contribution in [-0.4, -0.2) is 47.9 Å². The highest BCUT2D eigenvalue weighted by atomic mass is 32.2. The zero-order valence-electron chi connectivity index (χ0n) is 36.6. The number of benzene rings is 3. The molecule has 0 spiro atoms. The Labute approximate surface area is 359 Å². The monoisotopic (exact) mass is 833 g/mol. The van der Waals surface area contributed by atoms with Crippen molar-refractivity contribution in [3.8, 4) is 0 Å². The lowest BCUT2D eigenvalue weighted by molar-refractivity contribution is -0.438. The van der Waals surface area contributed by atoms with Gasteiger partial charge in [-0.15, -0.1) is 0 Å². The van der Waals surface area contributed by atoms with Crippen molar-refractivity contribution in [3.63, 3.8) is 0 Å². The van der Waals surface area contributed by atoms with Crippen molar-refractivity contribution < 1.29 is 22.3 Å². The fraction of sp³-hybridized carbons (Fsp3) is 0.451. The maximum atomic E-state index is 12.9. The summed E-state index contributed by atoms with van der Waals surface area (Å²) in [7, 11) is -4.01. The Kier molecular flexibility index (Phi) is 13.8. The predicted molar refractivity (Wildman–Crippen MR) is 248 cm³/mol. The summed E-state index contributed by atoms with van der Waals surface area (Å²) >= 11 is 1.82. The van der Waals surface area contributed by atoms with Gasteiger partial charge in [-0.2, -0.15) is 13.0 Å². The largest absolute Gasteiger partial charge is 0.344 e. The molecule has 0 fully saturated rings.